The van der Waals surface area contributed by atoms with Crippen LogP contribution in [0.15, 0.2) is 23.1 Å². The number of hydrogen-bond acceptors (Lipinski definition) is 5. The van der Waals surface area contributed by atoms with Crippen molar-refractivity contribution in [3.05, 3.63) is 23.8 Å². The Labute approximate surface area is 122 Å². The minimum atomic E-state index is -3.80. The number of anilines is 1. The lowest BCUT2D eigenvalue weighted by Gasteiger charge is -2.16. The molecule has 2 rings (SSSR count). The van der Waals surface area contributed by atoms with Crippen molar-refractivity contribution < 1.29 is 22.7 Å². The van der Waals surface area contributed by atoms with Gasteiger partial charge in [0.1, 0.15) is 6.54 Å². The Morgan fingerprint density at radius 3 is 2.81 bits per heavy atom. The van der Waals surface area contributed by atoms with Gasteiger partial charge in [0, 0.05) is 12.7 Å². The van der Waals surface area contributed by atoms with Crippen LogP contribution in [0.3, 0.4) is 0 Å². The number of hydrogen-bond donors (Lipinski definition) is 1. The molecule has 0 spiro atoms. The highest BCUT2D eigenvalue weighted by Gasteiger charge is 2.26. The maximum Gasteiger partial charge on any atom is 0.321 e. The summed E-state index contributed by atoms with van der Waals surface area (Å²) in [6.45, 7) is 1.49. The van der Waals surface area contributed by atoms with Gasteiger partial charge >= 0.3 is 5.97 Å². The monoisotopic (exact) mass is 312 g/mol. The van der Waals surface area contributed by atoms with Crippen LogP contribution in [0.25, 0.3) is 0 Å². The van der Waals surface area contributed by atoms with Crippen molar-refractivity contribution in [2.24, 2.45) is 0 Å². The molecule has 21 heavy (non-hydrogen) atoms. The van der Waals surface area contributed by atoms with E-state index in [1.165, 1.54) is 19.2 Å². The summed E-state index contributed by atoms with van der Waals surface area (Å²) in [6.07, 6.45) is 0.153. The van der Waals surface area contributed by atoms with Crippen LogP contribution in [-0.4, -0.2) is 44.8 Å². The van der Waals surface area contributed by atoms with Crippen LogP contribution in [0.1, 0.15) is 12.5 Å². The minimum Gasteiger partial charge on any atom is -0.465 e. The fourth-order valence-corrected chi connectivity index (χ4v) is 3.19. The number of amides is 1. The minimum absolute atomic E-state index is 0.0459. The molecule has 0 radical (unpaired) electrons. The molecule has 1 aliphatic rings. The molecule has 1 amide bonds. The normalized spacial score (nSPS) is 14.0. The maximum atomic E-state index is 12.4. The molecule has 0 bridgehead atoms. The van der Waals surface area contributed by atoms with Gasteiger partial charge in [-0.25, -0.2) is 8.42 Å². The second kappa shape index (κ2) is 5.82. The predicted octanol–water partition coefficient (Wildman–Crippen LogP) is 0.365. The number of benzene rings is 1. The van der Waals surface area contributed by atoms with E-state index in [1.807, 2.05) is 0 Å². The Morgan fingerprint density at radius 1 is 1.43 bits per heavy atom. The summed E-state index contributed by atoms with van der Waals surface area (Å²) >= 11 is 0. The van der Waals surface area contributed by atoms with E-state index in [1.54, 1.807) is 13.0 Å². The second-order valence-electron chi connectivity index (χ2n) is 4.61. The Morgan fingerprint density at radius 2 is 2.14 bits per heavy atom. The summed E-state index contributed by atoms with van der Waals surface area (Å²) in [5.74, 6) is -0.777. The molecule has 0 fully saturated rings. The number of likely N-dealkylation sites (N-methyl/N-ethyl adjacent to an activating group) is 1. The van der Waals surface area contributed by atoms with E-state index in [0.717, 1.165) is 4.31 Å². The largest absolute Gasteiger partial charge is 0.465 e. The van der Waals surface area contributed by atoms with Gasteiger partial charge in [-0.15, -0.1) is 0 Å². The zero-order chi connectivity index (χ0) is 15.6. The number of rotatable bonds is 5. The summed E-state index contributed by atoms with van der Waals surface area (Å²) in [7, 11) is -2.49. The molecule has 1 aromatic carbocycles. The number of fused-ring (bicyclic) bond motifs is 1. The number of nitrogens with zero attached hydrogens (tertiary/aromatic N) is 1. The average Bonchev–Trinajstić information content (AvgIpc) is 2.77. The fourth-order valence-electron chi connectivity index (χ4n) is 2.02. The van der Waals surface area contributed by atoms with Crippen molar-refractivity contribution in [3.63, 3.8) is 0 Å². The first-order valence-corrected chi connectivity index (χ1v) is 7.83. The Bertz CT molecular complexity index is 684. The molecule has 0 aromatic heterocycles. The molecule has 1 aromatic rings. The summed E-state index contributed by atoms with van der Waals surface area (Å²) in [4.78, 5) is 22.7. The first-order chi connectivity index (χ1) is 9.84. The van der Waals surface area contributed by atoms with Gasteiger partial charge in [0.05, 0.1) is 17.9 Å². The highest BCUT2D eigenvalue weighted by Crippen LogP contribution is 2.26. The van der Waals surface area contributed by atoms with E-state index in [0.29, 0.717) is 11.3 Å². The van der Waals surface area contributed by atoms with Crippen LogP contribution in [-0.2, 0) is 30.8 Å². The zero-order valence-electron chi connectivity index (χ0n) is 11.8. The van der Waals surface area contributed by atoms with Gasteiger partial charge in [-0.05, 0) is 30.7 Å². The Balaban J connectivity index is 2.22. The third-order valence-corrected chi connectivity index (χ3v) is 4.87. The molecule has 114 valence electrons. The lowest BCUT2D eigenvalue weighted by molar-refractivity contribution is -0.143. The topological polar surface area (TPSA) is 92.8 Å². The molecular weight excluding hydrogens is 296 g/mol. The Hall–Kier alpha value is -1.93. The van der Waals surface area contributed by atoms with Crippen molar-refractivity contribution in [2.75, 3.05) is 25.5 Å². The molecule has 0 saturated heterocycles. The summed E-state index contributed by atoms with van der Waals surface area (Å²) in [5.41, 5.74) is 1.25. The lowest BCUT2D eigenvalue weighted by Crippen LogP contribution is -2.33. The number of nitrogens with one attached hydrogen (secondary N) is 1. The number of ether oxygens (including phenoxy) is 1. The number of carbonyl (C=O) groups excluding carboxylic acids is 2. The third-order valence-electron chi connectivity index (χ3n) is 3.07. The second-order valence-corrected chi connectivity index (χ2v) is 6.65. The number of esters is 1. The van der Waals surface area contributed by atoms with Crippen molar-refractivity contribution in [1.29, 1.82) is 0 Å². The van der Waals surface area contributed by atoms with Gasteiger partial charge in [-0.1, -0.05) is 0 Å². The summed E-state index contributed by atoms with van der Waals surface area (Å²) in [6, 6.07) is 4.40. The molecule has 1 heterocycles. The summed E-state index contributed by atoms with van der Waals surface area (Å²) < 4.78 is 30.4. The zero-order valence-corrected chi connectivity index (χ0v) is 12.6. The van der Waals surface area contributed by atoms with Crippen LogP contribution < -0.4 is 5.32 Å². The quantitative estimate of drug-likeness (QED) is 0.793. The maximum absolute atomic E-state index is 12.4. The standard InChI is InChI=1S/C13H16N2O5S/c1-3-20-13(17)8-15(2)21(18,19)10-4-5-11-9(6-10)7-12(16)14-11/h4-6H,3,7-8H2,1-2H3,(H,14,16). The van der Waals surface area contributed by atoms with E-state index in [2.05, 4.69) is 5.32 Å². The van der Waals surface area contributed by atoms with Crippen molar-refractivity contribution in [3.8, 4) is 0 Å². The van der Waals surface area contributed by atoms with Gasteiger partial charge in [0.2, 0.25) is 15.9 Å². The van der Waals surface area contributed by atoms with Gasteiger partial charge in [0.25, 0.3) is 0 Å². The first-order valence-electron chi connectivity index (χ1n) is 6.39. The highest BCUT2D eigenvalue weighted by molar-refractivity contribution is 7.89. The molecule has 0 atom stereocenters. The molecule has 1 aliphatic heterocycles. The lowest BCUT2D eigenvalue weighted by atomic mass is 10.2. The molecule has 0 saturated carbocycles. The highest BCUT2D eigenvalue weighted by atomic mass is 32.2. The van der Waals surface area contributed by atoms with Crippen molar-refractivity contribution in [1.82, 2.24) is 4.31 Å². The van der Waals surface area contributed by atoms with Crippen LogP contribution in [0.2, 0.25) is 0 Å². The fraction of sp³-hybridized carbons (Fsp3) is 0.385. The first kappa shape index (κ1) is 15.5. The predicted molar refractivity (Wildman–Crippen MR) is 75.2 cm³/mol. The molecule has 1 N–H and O–H groups in total. The molecule has 8 heteroatoms. The van der Waals surface area contributed by atoms with Gasteiger partial charge < -0.3 is 10.1 Å². The third kappa shape index (κ3) is 3.22. The average molecular weight is 312 g/mol. The molecule has 0 unspecified atom stereocenters. The van der Waals surface area contributed by atoms with Gasteiger partial charge in [-0.3, -0.25) is 9.59 Å². The van der Waals surface area contributed by atoms with Crippen LogP contribution in [0, 0.1) is 0 Å². The van der Waals surface area contributed by atoms with Crippen LogP contribution in [0.4, 0.5) is 5.69 Å². The van der Waals surface area contributed by atoms with E-state index in [4.69, 9.17) is 4.74 Å². The van der Waals surface area contributed by atoms with Crippen LogP contribution >= 0.6 is 0 Å². The number of carbonyl (C=O) groups is 2. The van der Waals surface area contributed by atoms with Gasteiger partial charge in [-0.2, -0.15) is 4.31 Å². The molecule has 0 aliphatic carbocycles. The number of sulfonamides is 1. The molecule has 7 nitrogen and oxygen atoms in total. The smallest absolute Gasteiger partial charge is 0.321 e. The van der Waals surface area contributed by atoms with Gasteiger partial charge in [0.15, 0.2) is 0 Å². The van der Waals surface area contributed by atoms with Crippen molar-refractivity contribution >= 4 is 27.6 Å². The van der Waals surface area contributed by atoms with E-state index >= 15 is 0 Å². The SMILES string of the molecule is CCOC(=O)CN(C)S(=O)(=O)c1ccc2c(c1)CC(=O)N2. The molecular formula is C13H16N2O5S. The van der Waals surface area contributed by atoms with E-state index in [9.17, 15) is 18.0 Å². The van der Waals surface area contributed by atoms with Crippen LogP contribution in [0.5, 0.6) is 0 Å². The Kier molecular flexibility index (Phi) is 4.29. The van der Waals surface area contributed by atoms with Crippen molar-refractivity contribution in [2.45, 2.75) is 18.2 Å². The van der Waals surface area contributed by atoms with E-state index < -0.39 is 16.0 Å². The summed E-state index contributed by atoms with van der Waals surface area (Å²) in [5, 5.41) is 2.63. The van der Waals surface area contributed by atoms with E-state index in [-0.39, 0.29) is 30.4 Å².